The summed E-state index contributed by atoms with van der Waals surface area (Å²) in [4.78, 5) is 14.5. The zero-order valence-electron chi connectivity index (χ0n) is 9.49. The molecule has 1 amide bonds. The number of fused-ring (bicyclic) bond motifs is 1. The van der Waals surface area contributed by atoms with E-state index in [0.29, 0.717) is 12.0 Å². The SMILES string of the molecule is O=C(c1csc(I)c1)N1CCCC2CNCC21. The lowest BCUT2D eigenvalue weighted by atomic mass is 9.91. The maximum atomic E-state index is 12.5. The van der Waals surface area contributed by atoms with Gasteiger partial charge >= 0.3 is 0 Å². The Bertz CT molecular complexity index is 434. The van der Waals surface area contributed by atoms with Crippen molar-refractivity contribution < 1.29 is 4.79 Å². The van der Waals surface area contributed by atoms with E-state index >= 15 is 0 Å². The van der Waals surface area contributed by atoms with Gasteiger partial charge in [-0.15, -0.1) is 11.3 Å². The summed E-state index contributed by atoms with van der Waals surface area (Å²) in [5, 5.41) is 5.40. The van der Waals surface area contributed by atoms with Crippen molar-refractivity contribution in [2.45, 2.75) is 18.9 Å². The van der Waals surface area contributed by atoms with E-state index < -0.39 is 0 Å². The van der Waals surface area contributed by atoms with Gasteiger partial charge in [0, 0.05) is 31.1 Å². The van der Waals surface area contributed by atoms with Crippen LogP contribution in [0, 0.1) is 8.80 Å². The zero-order chi connectivity index (χ0) is 11.8. The third-order valence-electron chi connectivity index (χ3n) is 3.75. The highest BCUT2D eigenvalue weighted by atomic mass is 127. The van der Waals surface area contributed by atoms with E-state index in [9.17, 15) is 4.79 Å². The van der Waals surface area contributed by atoms with Gasteiger partial charge in [-0.1, -0.05) is 0 Å². The number of hydrogen-bond acceptors (Lipinski definition) is 3. The molecule has 2 atom stereocenters. The number of carbonyl (C=O) groups is 1. The second-order valence-electron chi connectivity index (χ2n) is 4.77. The van der Waals surface area contributed by atoms with Gasteiger partial charge in [0.05, 0.1) is 8.45 Å². The van der Waals surface area contributed by atoms with Gasteiger partial charge in [-0.3, -0.25) is 4.79 Å². The topological polar surface area (TPSA) is 32.3 Å². The molecule has 0 saturated carbocycles. The van der Waals surface area contributed by atoms with E-state index in [0.717, 1.165) is 31.6 Å². The monoisotopic (exact) mass is 362 g/mol. The van der Waals surface area contributed by atoms with Crippen molar-refractivity contribution in [3.05, 3.63) is 19.9 Å². The average molecular weight is 362 g/mol. The fourth-order valence-electron chi connectivity index (χ4n) is 2.91. The Morgan fingerprint density at radius 2 is 2.41 bits per heavy atom. The first kappa shape index (κ1) is 11.9. The smallest absolute Gasteiger partial charge is 0.255 e. The number of hydrogen-bond donors (Lipinski definition) is 1. The number of rotatable bonds is 1. The van der Waals surface area contributed by atoms with Gasteiger partial charge in [-0.2, -0.15) is 0 Å². The second kappa shape index (κ2) is 4.85. The highest BCUT2D eigenvalue weighted by Gasteiger charge is 2.37. The second-order valence-corrected chi connectivity index (χ2v) is 7.57. The predicted molar refractivity (Wildman–Crippen MR) is 77.5 cm³/mol. The van der Waals surface area contributed by atoms with Crippen LogP contribution in [0.4, 0.5) is 0 Å². The van der Waals surface area contributed by atoms with E-state index in [1.54, 1.807) is 11.3 Å². The summed E-state index contributed by atoms with van der Waals surface area (Å²) in [6.45, 7) is 2.97. The molecule has 2 saturated heterocycles. The van der Waals surface area contributed by atoms with Crippen LogP contribution in [0.1, 0.15) is 23.2 Å². The molecule has 17 heavy (non-hydrogen) atoms. The first-order chi connectivity index (χ1) is 8.25. The lowest BCUT2D eigenvalue weighted by Crippen LogP contribution is -2.48. The van der Waals surface area contributed by atoms with E-state index in [4.69, 9.17) is 0 Å². The lowest BCUT2D eigenvalue weighted by Gasteiger charge is -2.36. The maximum Gasteiger partial charge on any atom is 0.255 e. The molecule has 0 radical (unpaired) electrons. The molecule has 2 aliphatic rings. The number of piperidine rings is 1. The van der Waals surface area contributed by atoms with Gasteiger partial charge in [0.2, 0.25) is 0 Å². The minimum atomic E-state index is 0.225. The first-order valence-corrected chi connectivity index (χ1v) is 7.97. The number of likely N-dealkylation sites (tertiary alicyclic amines) is 1. The Morgan fingerprint density at radius 3 is 3.18 bits per heavy atom. The minimum absolute atomic E-state index is 0.225. The number of nitrogens with zero attached hydrogens (tertiary/aromatic N) is 1. The number of nitrogens with one attached hydrogen (secondary N) is 1. The number of carbonyl (C=O) groups excluding carboxylic acids is 1. The number of amides is 1. The molecule has 1 aromatic heterocycles. The number of halogens is 1. The first-order valence-electron chi connectivity index (χ1n) is 6.01. The van der Waals surface area contributed by atoms with Crippen LogP contribution in [0.15, 0.2) is 11.4 Å². The molecule has 2 aliphatic heterocycles. The van der Waals surface area contributed by atoms with Crippen molar-refractivity contribution in [2.24, 2.45) is 5.92 Å². The Morgan fingerprint density at radius 1 is 1.53 bits per heavy atom. The van der Waals surface area contributed by atoms with Gasteiger partial charge in [-0.05, 0) is 47.4 Å². The number of thiophene rings is 1. The van der Waals surface area contributed by atoms with Crippen LogP contribution in [-0.4, -0.2) is 36.5 Å². The minimum Gasteiger partial charge on any atom is -0.334 e. The fraction of sp³-hybridized carbons (Fsp3) is 0.583. The molecule has 3 heterocycles. The van der Waals surface area contributed by atoms with E-state index in [-0.39, 0.29) is 5.91 Å². The van der Waals surface area contributed by atoms with E-state index in [1.165, 1.54) is 9.30 Å². The molecule has 0 aliphatic carbocycles. The predicted octanol–water partition coefficient (Wildman–Crippen LogP) is 2.18. The third kappa shape index (κ3) is 2.24. The summed E-state index contributed by atoms with van der Waals surface area (Å²) in [7, 11) is 0. The van der Waals surface area contributed by atoms with Crippen molar-refractivity contribution in [3.8, 4) is 0 Å². The molecule has 1 N–H and O–H groups in total. The van der Waals surface area contributed by atoms with Crippen molar-refractivity contribution in [1.82, 2.24) is 10.2 Å². The average Bonchev–Trinajstić information content (AvgIpc) is 2.95. The zero-order valence-corrected chi connectivity index (χ0v) is 12.5. The van der Waals surface area contributed by atoms with Gasteiger partial charge in [0.1, 0.15) is 0 Å². The van der Waals surface area contributed by atoms with Crippen LogP contribution in [0.3, 0.4) is 0 Å². The third-order valence-corrected chi connectivity index (χ3v) is 5.54. The van der Waals surface area contributed by atoms with Gasteiger partial charge in [0.15, 0.2) is 0 Å². The fourth-order valence-corrected chi connectivity index (χ4v) is 4.23. The van der Waals surface area contributed by atoms with Crippen molar-refractivity contribution >= 4 is 39.8 Å². The highest BCUT2D eigenvalue weighted by molar-refractivity contribution is 14.1. The molecular formula is C12H15IN2OS. The normalized spacial score (nSPS) is 28.2. The summed E-state index contributed by atoms with van der Waals surface area (Å²) >= 11 is 3.92. The molecule has 2 unspecified atom stereocenters. The molecule has 92 valence electrons. The van der Waals surface area contributed by atoms with Gasteiger partial charge < -0.3 is 10.2 Å². The van der Waals surface area contributed by atoms with Crippen LogP contribution in [-0.2, 0) is 0 Å². The van der Waals surface area contributed by atoms with Crippen LogP contribution in [0.25, 0.3) is 0 Å². The molecule has 0 spiro atoms. The standard InChI is InChI=1S/C12H15IN2OS/c13-11-4-9(7-17-11)12(16)15-3-1-2-8-5-14-6-10(8)15/h4,7-8,10,14H,1-3,5-6H2. The Balaban J connectivity index is 1.81. The molecule has 0 aromatic carbocycles. The van der Waals surface area contributed by atoms with Crippen LogP contribution < -0.4 is 5.32 Å². The summed E-state index contributed by atoms with van der Waals surface area (Å²) in [5.74, 6) is 0.896. The molecule has 1 aromatic rings. The summed E-state index contributed by atoms with van der Waals surface area (Å²) < 4.78 is 1.18. The van der Waals surface area contributed by atoms with Crippen LogP contribution >= 0.6 is 33.9 Å². The molecule has 3 rings (SSSR count). The largest absolute Gasteiger partial charge is 0.334 e. The Hall–Kier alpha value is -0.140. The summed E-state index contributed by atoms with van der Waals surface area (Å²) in [6.07, 6.45) is 2.42. The molecular weight excluding hydrogens is 347 g/mol. The van der Waals surface area contributed by atoms with Crippen LogP contribution in [0.2, 0.25) is 0 Å². The van der Waals surface area contributed by atoms with Crippen LogP contribution in [0.5, 0.6) is 0 Å². The highest BCUT2D eigenvalue weighted by Crippen LogP contribution is 2.28. The maximum absolute atomic E-state index is 12.5. The van der Waals surface area contributed by atoms with Gasteiger partial charge in [-0.25, -0.2) is 0 Å². The molecule has 2 fully saturated rings. The Labute approximate surface area is 119 Å². The van der Waals surface area contributed by atoms with Gasteiger partial charge in [0.25, 0.3) is 5.91 Å². The van der Waals surface area contributed by atoms with E-state index in [2.05, 4.69) is 32.8 Å². The lowest BCUT2D eigenvalue weighted by molar-refractivity contribution is 0.0575. The molecule has 3 nitrogen and oxygen atoms in total. The quantitative estimate of drug-likeness (QED) is 0.777. The molecule has 5 heteroatoms. The summed E-state index contributed by atoms with van der Waals surface area (Å²) in [5.41, 5.74) is 0.868. The van der Waals surface area contributed by atoms with E-state index in [1.807, 2.05) is 11.4 Å². The summed E-state index contributed by atoms with van der Waals surface area (Å²) in [6, 6.07) is 2.42. The van der Waals surface area contributed by atoms with Crippen molar-refractivity contribution in [1.29, 1.82) is 0 Å². The van der Waals surface area contributed by atoms with Crippen molar-refractivity contribution in [2.75, 3.05) is 19.6 Å². The molecule has 0 bridgehead atoms. The Kier molecular flexibility index (Phi) is 3.40. The van der Waals surface area contributed by atoms with Crippen molar-refractivity contribution in [3.63, 3.8) is 0 Å².